The number of carbonyl (C=O) groups is 1. The third-order valence-corrected chi connectivity index (χ3v) is 6.09. The van der Waals surface area contributed by atoms with E-state index in [1.165, 1.54) is 0 Å². The summed E-state index contributed by atoms with van der Waals surface area (Å²) in [6.07, 6.45) is 0. The van der Waals surface area contributed by atoms with Crippen LogP contribution >= 0.6 is 58.2 Å². The van der Waals surface area contributed by atoms with Gasteiger partial charge in [-0.25, -0.2) is 0 Å². The van der Waals surface area contributed by atoms with E-state index in [4.69, 9.17) is 46.4 Å². The Kier molecular flexibility index (Phi) is 5.34. The SMILES string of the molecule is O=C(c1ccc(Cl)c(Cl)c1)N1CCSC1c1ccc(Cl)cc1Cl. The first kappa shape index (κ1) is 17.2. The molecule has 1 atom stereocenters. The number of nitrogens with zero attached hydrogens (tertiary/aromatic N) is 1. The zero-order valence-corrected chi connectivity index (χ0v) is 15.6. The Bertz CT molecular complexity index is 768. The third kappa shape index (κ3) is 3.59. The van der Waals surface area contributed by atoms with E-state index in [1.807, 2.05) is 6.07 Å². The van der Waals surface area contributed by atoms with Crippen molar-refractivity contribution in [3.05, 3.63) is 67.6 Å². The molecule has 1 saturated heterocycles. The van der Waals surface area contributed by atoms with Gasteiger partial charge in [-0.3, -0.25) is 4.79 Å². The number of halogens is 4. The van der Waals surface area contributed by atoms with Gasteiger partial charge in [0.05, 0.1) is 10.0 Å². The van der Waals surface area contributed by atoms with Crippen molar-refractivity contribution in [2.75, 3.05) is 12.3 Å². The Morgan fingerprint density at radius 1 is 1.00 bits per heavy atom. The number of hydrogen-bond acceptors (Lipinski definition) is 2. The highest BCUT2D eigenvalue weighted by Gasteiger charge is 2.32. The van der Waals surface area contributed by atoms with Gasteiger partial charge < -0.3 is 4.90 Å². The van der Waals surface area contributed by atoms with Crippen molar-refractivity contribution in [2.45, 2.75) is 5.37 Å². The van der Waals surface area contributed by atoms with Crippen molar-refractivity contribution >= 4 is 64.1 Å². The molecule has 2 nitrogen and oxygen atoms in total. The molecule has 1 aliphatic heterocycles. The summed E-state index contributed by atoms with van der Waals surface area (Å²) >= 11 is 25.9. The van der Waals surface area contributed by atoms with Crippen LogP contribution in [0.5, 0.6) is 0 Å². The summed E-state index contributed by atoms with van der Waals surface area (Å²) in [7, 11) is 0. The molecule has 1 aliphatic rings. The average Bonchev–Trinajstić information content (AvgIpc) is 2.98. The molecule has 0 N–H and O–H groups in total. The van der Waals surface area contributed by atoms with Crippen LogP contribution in [0.3, 0.4) is 0 Å². The first-order valence-electron chi connectivity index (χ1n) is 6.80. The third-order valence-electron chi connectivity index (χ3n) is 3.55. The molecule has 0 radical (unpaired) electrons. The molecule has 1 amide bonds. The number of hydrogen-bond donors (Lipinski definition) is 0. The molecule has 1 fully saturated rings. The number of rotatable bonds is 2. The van der Waals surface area contributed by atoms with Crippen LogP contribution in [-0.4, -0.2) is 23.1 Å². The van der Waals surface area contributed by atoms with Crippen molar-refractivity contribution in [1.29, 1.82) is 0 Å². The largest absolute Gasteiger partial charge is 0.322 e. The Balaban J connectivity index is 1.91. The van der Waals surface area contributed by atoms with Gasteiger partial charge in [0.15, 0.2) is 0 Å². The van der Waals surface area contributed by atoms with Crippen LogP contribution in [0.15, 0.2) is 36.4 Å². The minimum Gasteiger partial charge on any atom is -0.322 e. The summed E-state index contributed by atoms with van der Waals surface area (Å²) in [6.45, 7) is 0.646. The molecule has 23 heavy (non-hydrogen) atoms. The predicted molar refractivity (Wildman–Crippen MR) is 99.2 cm³/mol. The van der Waals surface area contributed by atoms with E-state index in [2.05, 4.69) is 0 Å². The fourth-order valence-electron chi connectivity index (χ4n) is 2.43. The number of thioether (sulfide) groups is 1. The fourth-order valence-corrected chi connectivity index (χ4v) is 4.60. The molecule has 120 valence electrons. The predicted octanol–water partition coefficient (Wildman–Crippen LogP) is 6.19. The van der Waals surface area contributed by atoms with Crippen LogP contribution in [0.1, 0.15) is 21.3 Å². The van der Waals surface area contributed by atoms with E-state index in [9.17, 15) is 4.79 Å². The zero-order chi connectivity index (χ0) is 16.6. The molecular weight excluding hydrogens is 396 g/mol. The maximum Gasteiger partial charge on any atom is 0.255 e. The Labute approximate surface area is 158 Å². The van der Waals surface area contributed by atoms with Crippen LogP contribution in [-0.2, 0) is 0 Å². The van der Waals surface area contributed by atoms with E-state index >= 15 is 0 Å². The van der Waals surface area contributed by atoms with Gasteiger partial charge in [0.25, 0.3) is 5.91 Å². The summed E-state index contributed by atoms with van der Waals surface area (Å²) < 4.78 is 0. The molecule has 2 aromatic rings. The summed E-state index contributed by atoms with van der Waals surface area (Å²) in [4.78, 5) is 14.6. The Morgan fingerprint density at radius 3 is 2.48 bits per heavy atom. The lowest BCUT2D eigenvalue weighted by molar-refractivity contribution is 0.0760. The zero-order valence-electron chi connectivity index (χ0n) is 11.7. The Morgan fingerprint density at radius 2 is 1.78 bits per heavy atom. The standard InChI is InChI=1S/C16H11Cl4NOS/c17-10-2-3-11(13(19)8-10)16-21(5-6-23-16)15(22)9-1-4-12(18)14(20)7-9/h1-4,7-8,16H,5-6H2. The molecule has 0 aliphatic carbocycles. The van der Waals surface area contributed by atoms with Gasteiger partial charge in [0, 0.05) is 33.5 Å². The number of amides is 1. The first-order chi connectivity index (χ1) is 11.0. The summed E-state index contributed by atoms with van der Waals surface area (Å²) in [5, 5.41) is 1.79. The summed E-state index contributed by atoms with van der Waals surface area (Å²) in [5.41, 5.74) is 1.39. The molecule has 7 heteroatoms. The second-order valence-corrected chi connectivity index (χ2v) is 7.86. The van der Waals surface area contributed by atoms with E-state index in [0.717, 1.165) is 11.3 Å². The summed E-state index contributed by atoms with van der Waals surface area (Å²) in [5.74, 6) is 0.751. The molecule has 1 unspecified atom stereocenters. The lowest BCUT2D eigenvalue weighted by Crippen LogP contribution is -2.30. The van der Waals surface area contributed by atoms with Crippen molar-refractivity contribution in [1.82, 2.24) is 4.90 Å². The van der Waals surface area contributed by atoms with Crippen LogP contribution in [0.2, 0.25) is 20.1 Å². The normalized spacial score (nSPS) is 17.6. The van der Waals surface area contributed by atoms with Crippen LogP contribution in [0.25, 0.3) is 0 Å². The van der Waals surface area contributed by atoms with Crippen molar-refractivity contribution < 1.29 is 4.79 Å². The lowest BCUT2D eigenvalue weighted by Gasteiger charge is -2.25. The minimum atomic E-state index is -0.137. The van der Waals surface area contributed by atoms with Crippen molar-refractivity contribution in [2.24, 2.45) is 0 Å². The molecule has 0 spiro atoms. The molecule has 3 rings (SSSR count). The van der Waals surface area contributed by atoms with Crippen LogP contribution in [0, 0.1) is 0 Å². The fraction of sp³-hybridized carbons (Fsp3) is 0.188. The maximum absolute atomic E-state index is 12.8. The second-order valence-electron chi connectivity index (χ2n) is 5.02. The van der Waals surface area contributed by atoms with Gasteiger partial charge >= 0.3 is 0 Å². The van der Waals surface area contributed by atoms with Crippen molar-refractivity contribution in [3.8, 4) is 0 Å². The molecule has 0 aromatic heterocycles. The van der Waals surface area contributed by atoms with Crippen LogP contribution < -0.4 is 0 Å². The van der Waals surface area contributed by atoms with E-state index in [1.54, 1.807) is 47.0 Å². The van der Waals surface area contributed by atoms with Gasteiger partial charge in [-0.1, -0.05) is 52.5 Å². The van der Waals surface area contributed by atoms with Crippen LogP contribution in [0.4, 0.5) is 0 Å². The van der Waals surface area contributed by atoms with E-state index in [0.29, 0.717) is 32.2 Å². The first-order valence-corrected chi connectivity index (χ1v) is 9.36. The van der Waals surface area contributed by atoms with Gasteiger partial charge in [0.2, 0.25) is 0 Å². The Hall–Kier alpha value is -0.580. The minimum absolute atomic E-state index is 0.0930. The molecule has 2 aromatic carbocycles. The number of benzene rings is 2. The van der Waals surface area contributed by atoms with Gasteiger partial charge in [-0.05, 0) is 30.3 Å². The quantitative estimate of drug-likeness (QED) is 0.592. The average molecular weight is 407 g/mol. The molecule has 0 saturated carbocycles. The molecule has 0 bridgehead atoms. The van der Waals surface area contributed by atoms with Gasteiger partial charge in [-0.15, -0.1) is 11.8 Å². The lowest BCUT2D eigenvalue weighted by atomic mass is 10.1. The monoisotopic (exact) mass is 405 g/mol. The van der Waals surface area contributed by atoms with Gasteiger partial charge in [0.1, 0.15) is 5.37 Å². The summed E-state index contributed by atoms with van der Waals surface area (Å²) in [6, 6.07) is 10.2. The molecule has 1 heterocycles. The smallest absolute Gasteiger partial charge is 0.255 e. The highest BCUT2D eigenvalue weighted by molar-refractivity contribution is 7.99. The maximum atomic E-state index is 12.8. The highest BCUT2D eigenvalue weighted by Crippen LogP contribution is 2.42. The van der Waals surface area contributed by atoms with E-state index < -0.39 is 0 Å². The topological polar surface area (TPSA) is 20.3 Å². The van der Waals surface area contributed by atoms with Crippen molar-refractivity contribution in [3.63, 3.8) is 0 Å². The van der Waals surface area contributed by atoms with E-state index in [-0.39, 0.29) is 11.3 Å². The molecular formula is C16H11Cl4NOS. The van der Waals surface area contributed by atoms with Gasteiger partial charge in [-0.2, -0.15) is 0 Å². The number of carbonyl (C=O) groups excluding carboxylic acids is 1. The second kappa shape index (κ2) is 7.12. The highest BCUT2D eigenvalue weighted by atomic mass is 35.5.